The molecule has 0 aromatic heterocycles. The number of anilines is 2. The van der Waals surface area contributed by atoms with Crippen LogP contribution in [0, 0.1) is 11.8 Å². The maximum Gasteiger partial charge on any atom is 0.310 e. The molecular formula is C25H28N2O4S. The third-order valence-electron chi connectivity index (χ3n) is 6.24. The molecule has 168 valence electrons. The minimum atomic E-state index is -0.503. The molecule has 2 amide bonds. The smallest absolute Gasteiger partial charge is 0.310 e. The van der Waals surface area contributed by atoms with Crippen molar-refractivity contribution in [2.24, 2.45) is 11.8 Å². The highest BCUT2D eigenvalue weighted by atomic mass is 32.2. The van der Waals surface area contributed by atoms with E-state index in [1.165, 1.54) is 0 Å². The van der Waals surface area contributed by atoms with Crippen LogP contribution in [0.15, 0.2) is 53.4 Å². The highest BCUT2D eigenvalue weighted by molar-refractivity contribution is 7.98. The fraction of sp³-hybridized carbons (Fsp3) is 0.400. The van der Waals surface area contributed by atoms with Crippen LogP contribution in [-0.4, -0.2) is 37.2 Å². The van der Waals surface area contributed by atoms with E-state index in [2.05, 4.69) is 5.32 Å². The fourth-order valence-corrected chi connectivity index (χ4v) is 5.08. The van der Waals surface area contributed by atoms with Crippen molar-refractivity contribution in [3.8, 4) is 0 Å². The van der Waals surface area contributed by atoms with Crippen LogP contribution in [0.4, 0.5) is 11.4 Å². The Bertz CT molecular complexity index is 1010. The second kappa shape index (κ2) is 10.2. The van der Waals surface area contributed by atoms with E-state index in [0.717, 1.165) is 35.4 Å². The molecule has 1 saturated carbocycles. The maximum absolute atomic E-state index is 13.4. The van der Waals surface area contributed by atoms with Crippen molar-refractivity contribution in [2.45, 2.75) is 37.0 Å². The summed E-state index contributed by atoms with van der Waals surface area (Å²) in [5.74, 6) is -1.75. The van der Waals surface area contributed by atoms with Crippen molar-refractivity contribution in [1.82, 2.24) is 0 Å². The summed E-state index contributed by atoms with van der Waals surface area (Å²) in [6, 6.07) is 15.4. The first kappa shape index (κ1) is 22.4. The Balaban J connectivity index is 1.36. The number of para-hydroxylation sites is 1. The van der Waals surface area contributed by atoms with Crippen molar-refractivity contribution in [3.63, 3.8) is 0 Å². The van der Waals surface area contributed by atoms with Gasteiger partial charge in [-0.1, -0.05) is 37.1 Å². The van der Waals surface area contributed by atoms with Gasteiger partial charge in [-0.05, 0) is 55.3 Å². The Morgan fingerprint density at radius 2 is 1.84 bits per heavy atom. The summed E-state index contributed by atoms with van der Waals surface area (Å²) in [5.41, 5.74) is 2.77. The lowest BCUT2D eigenvalue weighted by Gasteiger charge is -2.32. The SMILES string of the molecule is CSc1cccc(NC(=O)COC(=O)C2CCCCC2C(=O)N2CCc3ccccc32)c1. The number of carbonyl (C=O) groups is 3. The van der Waals surface area contributed by atoms with E-state index in [9.17, 15) is 14.4 Å². The Labute approximate surface area is 192 Å². The summed E-state index contributed by atoms with van der Waals surface area (Å²) < 4.78 is 5.36. The molecule has 2 aromatic rings. The number of nitrogens with one attached hydrogen (secondary N) is 1. The van der Waals surface area contributed by atoms with Gasteiger partial charge in [-0.15, -0.1) is 11.8 Å². The number of hydrogen-bond donors (Lipinski definition) is 1. The predicted octanol–water partition coefficient (Wildman–Crippen LogP) is 4.29. The minimum Gasteiger partial charge on any atom is -0.455 e. The zero-order valence-electron chi connectivity index (χ0n) is 18.2. The number of thioether (sulfide) groups is 1. The molecule has 7 heteroatoms. The molecule has 0 bridgehead atoms. The molecule has 1 heterocycles. The van der Waals surface area contributed by atoms with Crippen LogP contribution in [0.25, 0.3) is 0 Å². The van der Waals surface area contributed by atoms with Gasteiger partial charge in [0.2, 0.25) is 5.91 Å². The Hall–Kier alpha value is -2.80. The van der Waals surface area contributed by atoms with Crippen molar-refractivity contribution in [3.05, 3.63) is 54.1 Å². The lowest BCUT2D eigenvalue weighted by Crippen LogP contribution is -2.42. The summed E-state index contributed by atoms with van der Waals surface area (Å²) in [6.07, 6.45) is 5.88. The summed E-state index contributed by atoms with van der Waals surface area (Å²) >= 11 is 1.58. The molecule has 1 N–H and O–H groups in total. The summed E-state index contributed by atoms with van der Waals surface area (Å²) in [4.78, 5) is 41.4. The third kappa shape index (κ3) is 4.99. The molecule has 2 atom stereocenters. The highest BCUT2D eigenvalue weighted by Crippen LogP contribution is 2.36. The van der Waals surface area contributed by atoms with Crippen molar-refractivity contribution in [1.29, 1.82) is 0 Å². The molecular weight excluding hydrogens is 424 g/mol. The second-order valence-corrected chi connectivity index (χ2v) is 9.13. The third-order valence-corrected chi connectivity index (χ3v) is 6.96. The Morgan fingerprint density at radius 1 is 1.06 bits per heavy atom. The number of rotatable bonds is 6. The summed E-state index contributed by atoms with van der Waals surface area (Å²) in [6.45, 7) is 0.292. The van der Waals surface area contributed by atoms with Crippen LogP contribution in [0.5, 0.6) is 0 Å². The monoisotopic (exact) mass is 452 g/mol. The molecule has 2 unspecified atom stereocenters. The van der Waals surface area contributed by atoms with Crippen LogP contribution in [-0.2, 0) is 25.5 Å². The summed E-state index contributed by atoms with van der Waals surface area (Å²) in [5, 5.41) is 2.76. The molecule has 2 aliphatic rings. The van der Waals surface area contributed by atoms with Gasteiger partial charge in [-0.2, -0.15) is 0 Å². The average Bonchev–Trinajstić information content (AvgIpc) is 3.26. The van der Waals surface area contributed by atoms with E-state index in [-0.39, 0.29) is 18.4 Å². The topological polar surface area (TPSA) is 75.7 Å². The van der Waals surface area contributed by atoms with Gasteiger partial charge in [0.15, 0.2) is 6.61 Å². The van der Waals surface area contributed by atoms with Gasteiger partial charge in [-0.25, -0.2) is 0 Å². The van der Waals surface area contributed by atoms with Gasteiger partial charge < -0.3 is 15.0 Å². The lowest BCUT2D eigenvalue weighted by atomic mass is 9.78. The molecule has 0 spiro atoms. The van der Waals surface area contributed by atoms with Crippen molar-refractivity contribution >= 4 is 40.9 Å². The number of esters is 1. The van der Waals surface area contributed by atoms with E-state index in [4.69, 9.17) is 4.74 Å². The largest absolute Gasteiger partial charge is 0.455 e. The molecule has 4 rings (SSSR count). The normalized spacial score (nSPS) is 19.8. The van der Waals surface area contributed by atoms with Crippen LogP contribution in [0.3, 0.4) is 0 Å². The van der Waals surface area contributed by atoms with Gasteiger partial charge in [0.1, 0.15) is 0 Å². The molecule has 6 nitrogen and oxygen atoms in total. The zero-order valence-corrected chi connectivity index (χ0v) is 19.0. The molecule has 0 radical (unpaired) electrons. The molecule has 1 fully saturated rings. The first-order valence-electron chi connectivity index (χ1n) is 11.1. The number of nitrogens with zero attached hydrogens (tertiary/aromatic N) is 1. The number of carbonyl (C=O) groups excluding carboxylic acids is 3. The lowest BCUT2D eigenvalue weighted by molar-refractivity contribution is -0.156. The van der Waals surface area contributed by atoms with Crippen molar-refractivity contribution < 1.29 is 19.1 Å². The molecule has 1 aliphatic carbocycles. The van der Waals surface area contributed by atoms with Crippen LogP contribution < -0.4 is 10.2 Å². The minimum absolute atomic E-state index is 0.00469. The maximum atomic E-state index is 13.4. The average molecular weight is 453 g/mol. The zero-order chi connectivity index (χ0) is 22.5. The van der Waals surface area contributed by atoms with E-state index in [1.807, 2.05) is 53.6 Å². The number of ether oxygens (including phenoxy) is 1. The van der Waals surface area contributed by atoms with Gasteiger partial charge in [-0.3, -0.25) is 14.4 Å². The Morgan fingerprint density at radius 3 is 2.66 bits per heavy atom. The van der Waals surface area contributed by atoms with Gasteiger partial charge in [0.05, 0.1) is 11.8 Å². The van der Waals surface area contributed by atoms with E-state index in [1.54, 1.807) is 17.8 Å². The number of benzene rings is 2. The van der Waals surface area contributed by atoms with E-state index < -0.39 is 17.8 Å². The van der Waals surface area contributed by atoms with Crippen molar-refractivity contribution in [2.75, 3.05) is 29.6 Å². The molecule has 32 heavy (non-hydrogen) atoms. The quantitative estimate of drug-likeness (QED) is 0.523. The van der Waals surface area contributed by atoms with Gasteiger partial charge >= 0.3 is 5.97 Å². The van der Waals surface area contributed by atoms with E-state index >= 15 is 0 Å². The number of fused-ring (bicyclic) bond motifs is 1. The first-order chi connectivity index (χ1) is 15.6. The van der Waals surface area contributed by atoms with Gasteiger partial charge in [0.25, 0.3) is 5.91 Å². The summed E-state index contributed by atoms with van der Waals surface area (Å²) in [7, 11) is 0. The molecule has 0 saturated heterocycles. The van der Waals surface area contributed by atoms with Gasteiger partial charge in [0, 0.05) is 22.8 Å². The predicted molar refractivity (Wildman–Crippen MR) is 126 cm³/mol. The van der Waals surface area contributed by atoms with E-state index in [0.29, 0.717) is 25.1 Å². The van der Waals surface area contributed by atoms with Crippen LogP contribution >= 0.6 is 11.8 Å². The van der Waals surface area contributed by atoms with Crippen LogP contribution in [0.2, 0.25) is 0 Å². The Kier molecular flexibility index (Phi) is 7.15. The highest BCUT2D eigenvalue weighted by Gasteiger charge is 2.40. The number of amides is 2. The fourth-order valence-electron chi connectivity index (χ4n) is 4.62. The second-order valence-electron chi connectivity index (χ2n) is 8.25. The van der Waals surface area contributed by atoms with Crippen LogP contribution in [0.1, 0.15) is 31.2 Å². The number of hydrogen-bond acceptors (Lipinski definition) is 5. The molecule has 1 aliphatic heterocycles. The molecule has 2 aromatic carbocycles. The first-order valence-corrected chi connectivity index (χ1v) is 12.3. The standard InChI is InChI=1S/C25H28N2O4S/c1-32-19-9-6-8-18(15-19)26-23(28)16-31-25(30)21-11-4-3-10-20(21)24(29)27-14-13-17-7-2-5-12-22(17)27/h2,5-9,12,15,20-21H,3-4,10-11,13-14,16H2,1H3,(H,26,28).